The maximum absolute atomic E-state index is 12.9. The molecule has 0 atom stereocenters. The van der Waals surface area contributed by atoms with Crippen molar-refractivity contribution in [2.45, 2.75) is 78.9 Å². The fourth-order valence-electron chi connectivity index (χ4n) is 4.90. The third-order valence-electron chi connectivity index (χ3n) is 7.21. The zero-order valence-electron chi connectivity index (χ0n) is 25.9. The maximum atomic E-state index is 12.9. The number of nitrogens with one attached hydrogen (secondary N) is 1. The van der Waals surface area contributed by atoms with E-state index in [1.165, 1.54) is 0 Å². The van der Waals surface area contributed by atoms with Gasteiger partial charge in [-0.15, -0.1) is 0 Å². The van der Waals surface area contributed by atoms with Gasteiger partial charge in [-0.2, -0.15) is 0 Å². The van der Waals surface area contributed by atoms with Gasteiger partial charge in [0.25, 0.3) is 0 Å². The van der Waals surface area contributed by atoms with Crippen LogP contribution in [0, 0.1) is 0 Å². The van der Waals surface area contributed by atoms with Gasteiger partial charge >= 0.3 is 12.0 Å². The number of rotatable bonds is 11. The van der Waals surface area contributed by atoms with Crippen molar-refractivity contribution in [3.63, 3.8) is 0 Å². The van der Waals surface area contributed by atoms with E-state index in [4.69, 9.17) is 9.72 Å². The van der Waals surface area contributed by atoms with E-state index in [2.05, 4.69) is 54.1 Å². The Morgan fingerprint density at radius 3 is 2.36 bits per heavy atom. The summed E-state index contributed by atoms with van der Waals surface area (Å²) in [5.41, 5.74) is 5.68. The lowest BCUT2D eigenvalue weighted by Gasteiger charge is -2.20. The summed E-state index contributed by atoms with van der Waals surface area (Å²) in [6.45, 7) is 11.2. The molecule has 7 heteroatoms. The molecule has 0 bridgehead atoms. The van der Waals surface area contributed by atoms with Crippen LogP contribution in [-0.2, 0) is 17.7 Å². The summed E-state index contributed by atoms with van der Waals surface area (Å²) in [5.74, 6) is 0.714. The molecule has 3 aromatic carbocycles. The second-order valence-corrected chi connectivity index (χ2v) is 11.8. The number of fused-ring (bicyclic) bond motifs is 1. The molecule has 1 aromatic heterocycles. The molecule has 0 fully saturated rings. The van der Waals surface area contributed by atoms with E-state index in [9.17, 15) is 9.59 Å². The highest BCUT2D eigenvalue weighted by molar-refractivity contribution is 5.97. The molecule has 0 saturated carbocycles. The summed E-state index contributed by atoms with van der Waals surface area (Å²) >= 11 is 0. The lowest BCUT2D eigenvalue weighted by Crippen LogP contribution is -2.37. The summed E-state index contributed by atoms with van der Waals surface area (Å²) < 4.78 is 7.92. The molecule has 0 aliphatic heterocycles. The summed E-state index contributed by atoms with van der Waals surface area (Å²) in [4.78, 5) is 32.3. The van der Waals surface area contributed by atoms with Gasteiger partial charge in [-0.25, -0.2) is 14.6 Å². The van der Waals surface area contributed by atoms with Crippen molar-refractivity contribution in [1.29, 1.82) is 0 Å². The molecule has 0 radical (unpaired) electrons. The first-order valence-electron chi connectivity index (χ1n) is 15.0. The minimum Gasteiger partial charge on any atom is -0.456 e. The van der Waals surface area contributed by atoms with Gasteiger partial charge in [0.15, 0.2) is 0 Å². The summed E-state index contributed by atoms with van der Waals surface area (Å²) in [7, 11) is 1.80. The number of carbonyl (C=O) groups is 2. The molecular weight excluding hydrogens is 524 g/mol. The Bertz CT molecular complexity index is 1520. The zero-order chi connectivity index (χ0) is 30.3. The van der Waals surface area contributed by atoms with Gasteiger partial charge in [0.2, 0.25) is 0 Å². The van der Waals surface area contributed by atoms with E-state index in [-0.39, 0.29) is 12.0 Å². The first-order chi connectivity index (χ1) is 20.1. The molecule has 4 rings (SSSR count). The van der Waals surface area contributed by atoms with E-state index in [0.29, 0.717) is 18.7 Å². The van der Waals surface area contributed by atoms with Crippen molar-refractivity contribution in [3.05, 3.63) is 83.7 Å². The molecule has 1 heterocycles. The Hall–Kier alpha value is -4.13. The number of benzene rings is 3. The average molecular weight is 569 g/mol. The van der Waals surface area contributed by atoms with Gasteiger partial charge in [0, 0.05) is 32.2 Å². The highest BCUT2D eigenvalue weighted by atomic mass is 16.6. The molecule has 0 spiro atoms. The Morgan fingerprint density at radius 1 is 0.952 bits per heavy atom. The van der Waals surface area contributed by atoms with E-state index >= 15 is 0 Å². The second-order valence-electron chi connectivity index (χ2n) is 11.8. The van der Waals surface area contributed by atoms with Crippen LogP contribution in [0.5, 0.6) is 0 Å². The number of ether oxygens (including phenoxy) is 1. The number of imidazole rings is 1. The number of nitrogens with zero attached hydrogens (tertiary/aromatic N) is 3. The molecule has 42 heavy (non-hydrogen) atoms. The predicted octanol–water partition coefficient (Wildman–Crippen LogP) is 8.00. The maximum Gasteiger partial charge on any atom is 0.339 e. The number of carbonyl (C=O) groups excluding carboxylic acids is 2. The van der Waals surface area contributed by atoms with Crippen LogP contribution in [-0.4, -0.2) is 40.7 Å². The summed E-state index contributed by atoms with van der Waals surface area (Å²) in [5, 5.41) is 2.99. The van der Waals surface area contributed by atoms with Crippen molar-refractivity contribution in [1.82, 2.24) is 14.9 Å². The number of unbranched alkanes of at least 4 members (excludes halogenated alkanes) is 2. The molecule has 4 aromatic rings. The van der Waals surface area contributed by atoms with Gasteiger partial charge in [-0.3, -0.25) is 4.90 Å². The number of esters is 1. The van der Waals surface area contributed by atoms with Gasteiger partial charge in [-0.1, -0.05) is 69.2 Å². The topological polar surface area (TPSA) is 76.5 Å². The third kappa shape index (κ3) is 7.58. The van der Waals surface area contributed by atoms with E-state index in [1.54, 1.807) is 11.9 Å². The van der Waals surface area contributed by atoms with E-state index < -0.39 is 5.60 Å². The molecular formula is C35H44N4O3. The van der Waals surface area contributed by atoms with Crippen LogP contribution < -0.4 is 10.2 Å². The lowest BCUT2D eigenvalue weighted by molar-refractivity contribution is 0.00704. The molecule has 0 aliphatic rings. The van der Waals surface area contributed by atoms with Crippen molar-refractivity contribution in [2.75, 3.05) is 18.5 Å². The van der Waals surface area contributed by atoms with E-state index in [1.807, 2.05) is 57.2 Å². The molecule has 1 N–H and O–H groups in total. The smallest absolute Gasteiger partial charge is 0.339 e. The average Bonchev–Trinajstić information content (AvgIpc) is 3.31. The molecule has 2 amide bonds. The van der Waals surface area contributed by atoms with Crippen molar-refractivity contribution >= 4 is 28.7 Å². The van der Waals surface area contributed by atoms with Crippen LogP contribution in [0.15, 0.2) is 66.7 Å². The lowest BCUT2D eigenvalue weighted by atomic mass is 9.98. The summed E-state index contributed by atoms with van der Waals surface area (Å²) in [6.07, 6.45) is 5.01. The van der Waals surface area contributed by atoms with Crippen LogP contribution in [0.25, 0.3) is 22.2 Å². The van der Waals surface area contributed by atoms with Crippen molar-refractivity contribution in [2.24, 2.45) is 0 Å². The molecule has 7 nitrogen and oxygen atoms in total. The van der Waals surface area contributed by atoms with Crippen LogP contribution >= 0.6 is 0 Å². The number of hydrogen-bond acceptors (Lipinski definition) is 4. The SMILES string of the molecule is CCCCNC(=O)N(C)c1ccc2nc(CCCC)n(Cc3ccc(-c4ccccc4C(=O)OC(C)(C)C)cc3)c2c1. The number of anilines is 1. The fourth-order valence-corrected chi connectivity index (χ4v) is 4.90. The number of urea groups is 1. The number of amides is 2. The van der Waals surface area contributed by atoms with Gasteiger partial charge in [0.1, 0.15) is 11.4 Å². The zero-order valence-corrected chi connectivity index (χ0v) is 25.9. The van der Waals surface area contributed by atoms with Crippen LogP contribution in [0.2, 0.25) is 0 Å². The Labute approximate surface area is 249 Å². The Morgan fingerprint density at radius 2 is 1.67 bits per heavy atom. The van der Waals surface area contributed by atoms with Gasteiger partial charge < -0.3 is 14.6 Å². The minimum absolute atomic E-state index is 0.109. The standard InChI is InChI=1S/C35H44N4O3/c1-7-9-15-32-37-30-21-20-27(38(6)34(41)36-22-10-8-2)23-31(30)39(32)24-25-16-18-26(19-17-25)28-13-11-12-14-29(28)33(40)42-35(3,4)5/h11-14,16-21,23H,7-10,15,22,24H2,1-6H3,(H,36,41). The Kier molecular flexibility index (Phi) is 10.0. The minimum atomic E-state index is -0.565. The first kappa shape index (κ1) is 30.8. The van der Waals surface area contributed by atoms with Gasteiger partial charge in [-0.05, 0) is 74.6 Å². The van der Waals surface area contributed by atoms with Crippen LogP contribution in [0.3, 0.4) is 0 Å². The van der Waals surface area contributed by atoms with Gasteiger partial charge in [0.05, 0.1) is 16.6 Å². The van der Waals surface area contributed by atoms with Crippen molar-refractivity contribution in [3.8, 4) is 11.1 Å². The number of aromatic nitrogens is 2. The highest BCUT2D eigenvalue weighted by Crippen LogP contribution is 2.28. The monoisotopic (exact) mass is 568 g/mol. The predicted molar refractivity (Wildman–Crippen MR) is 171 cm³/mol. The molecule has 0 aliphatic carbocycles. The number of hydrogen-bond donors (Lipinski definition) is 1. The van der Waals surface area contributed by atoms with Crippen LogP contribution in [0.1, 0.15) is 82.0 Å². The van der Waals surface area contributed by atoms with E-state index in [0.717, 1.165) is 71.3 Å². The first-order valence-corrected chi connectivity index (χ1v) is 15.0. The third-order valence-corrected chi connectivity index (χ3v) is 7.21. The fraction of sp³-hybridized carbons (Fsp3) is 0.400. The van der Waals surface area contributed by atoms with Crippen molar-refractivity contribution < 1.29 is 14.3 Å². The number of aryl methyl sites for hydroxylation is 1. The molecule has 0 saturated heterocycles. The second kappa shape index (κ2) is 13.7. The Balaban J connectivity index is 1.63. The highest BCUT2D eigenvalue weighted by Gasteiger charge is 2.21. The normalized spacial score (nSPS) is 11.5. The molecule has 222 valence electrons. The van der Waals surface area contributed by atoms with Crippen LogP contribution in [0.4, 0.5) is 10.5 Å². The largest absolute Gasteiger partial charge is 0.456 e. The quantitative estimate of drug-likeness (QED) is 0.147. The molecule has 0 unspecified atom stereocenters. The summed E-state index contributed by atoms with van der Waals surface area (Å²) in [6, 6.07) is 21.8.